The monoisotopic (exact) mass is 385 g/mol. The van der Waals surface area contributed by atoms with E-state index in [0.29, 0.717) is 19.8 Å². The lowest BCUT2D eigenvalue weighted by atomic mass is 10.1. The van der Waals surface area contributed by atoms with Crippen molar-refractivity contribution >= 4 is 5.69 Å². The number of para-hydroxylation sites is 2. The first-order valence-electron chi connectivity index (χ1n) is 10.0. The Morgan fingerprint density at radius 1 is 0.929 bits per heavy atom. The first-order valence-corrected chi connectivity index (χ1v) is 10.0. The highest BCUT2D eigenvalue weighted by molar-refractivity contribution is 5.58. The Morgan fingerprint density at radius 2 is 1.61 bits per heavy atom. The Balaban J connectivity index is 1.71. The number of piperazine rings is 1. The molecular formula is C22H31N3O3. The van der Waals surface area contributed by atoms with E-state index in [-0.39, 0.29) is 0 Å². The molecule has 6 nitrogen and oxygen atoms in total. The number of anilines is 1. The van der Waals surface area contributed by atoms with Crippen LogP contribution in [0.3, 0.4) is 0 Å². The summed E-state index contributed by atoms with van der Waals surface area (Å²) in [5.41, 5.74) is 1.97. The maximum absolute atomic E-state index is 6.15. The van der Waals surface area contributed by atoms with Crippen LogP contribution in [0.15, 0.2) is 48.7 Å². The number of aromatic nitrogens is 1. The van der Waals surface area contributed by atoms with Crippen LogP contribution in [0, 0.1) is 0 Å². The van der Waals surface area contributed by atoms with E-state index < -0.39 is 5.79 Å². The molecule has 1 aromatic heterocycles. The Kier molecular flexibility index (Phi) is 7.25. The number of hydrogen-bond donors (Lipinski definition) is 0. The van der Waals surface area contributed by atoms with Crippen LogP contribution in [0.2, 0.25) is 0 Å². The van der Waals surface area contributed by atoms with E-state index in [1.807, 2.05) is 44.2 Å². The maximum Gasteiger partial charge on any atom is 0.225 e. The molecule has 0 N–H and O–H groups in total. The summed E-state index contributed by atoms with van der Waals surface area (Å²) in [7, 11) is 1.72. The molecule has 0 spiro atoms. The van der Waals surface area contributed by atoms with Crippen LogP contribution in [0.4, 0.5) is 5.69 Å². The number of rotatable bonds is 9. The van der Waals surface area contributed by atoms with Gasteiger partial charge in [-0.05, 0) is 38.1 Å². The van der Waals surface area contributed by atoms with Gasteiger partial charge >= 0.3 is 0 Å². The molecule has 0 amide bonds. The first kappa shape index (κ1) is 20.6. The molecule has 0 saturated carbocycles. The summed E-state index contributed by atoms with van der Waals surface area (Å²) >= 11 is 0. The quantitative estimate of drug-likeness (QED) is 0.618. The van der Waals surface area contributed by atoms with E-state index in [1.165, 1.54) is 0 Å². The van der Waals surface area contributed by atoms with Crippen molar-refractivity contribution in [2.24, 2.45) is 0 Å². The normalized spacial score (nSPS) is 15.6. The fraction of sp³-hybridized carbons (Fsp3) is 0.500. The van der Waals surface area contributed by atoms with E-state index in [2.05, 4.69) is 26.9 Å². The number of hydrogen-bond acceptors (Lipinski definition) is 6. The summed E-state index contributed by atoms with van der Waals surface area (Å²) < 4.78 is 17.8. The van der Waals surface area contributed by atoms with E-state index in [1.54, 1.807) is 13.3 Å². The molecule has 28 heavy (non-hydrogen) atoms. The third-order valence-electron chi connectivity index (χ3n) is 5.04. The average Bonchev–Trinajstić information content (AvgIpc) is 2.75. The largest absolute Gasteiger partial charge is 0.495 e. The molecule has 0 aliphatic carbocycles. The molecular weight excluding hydrogens is 354 g/mol. The van der Waals surface area contributed by atoms with E-state index in [0.717, 1.165) is 43.3 Å². The zero-order valence-corrected chi connectivity index (χ0v) is 17.1. The predicted molar refractivity (Wildman–Crippen MR) is 111 cm³/mol. The summed E-state index contributed by atoms with van der Waals surface area (Å²) in [4.78, 5) is 9.30. The van der Waals surface area contributed by atoms with E-state index in [9.17, 15) is 0 Å². The van der Waals surface area contributed by atoms with Gasteiger partial charge in [0.05, 0.1) is 19.3 Å². The summed E-state index contributed by atoms with van der Waals surface area (Å²) in [6, 6.07) is 14.1. The van der Waals surface area contributed by atoms with Gasteiger partial charge in [0.2, 0.25) is 5.79 Å². The SMILES string of the molecule is CCOC(CN1CCN(c2ccccc2OC)CC1)(OCC)c1ccccn1. The van der Waals surface area contributed by atoms with Crippen LogP contribution in [0.25, 0.3) is 0 Å². The summed E-state index contributed by atoms with van der Waals surface area (Å²) in [6.45, 7) is 9.49. The van der Waals surface area contributed by atoms with Crippen LogP contribution >= 0.6 is 0 Å². The minimum Gasteiger partial charge on any atom is -0.495 e. The highest BCUT2D eigenvalue weighted by Gasteiger charge is 2.38. The molecule has 152 valence electrons. The predicted octanol–water partition coefficient (Wildman–Crippen LogP) is 3.14. The van der Waals surface area contributed by atoms with Crippen molar-refractivity contribution in [3.63, 3.8) is 0 Å². The summed E-state index contributed by atoms with van der Waals surface area (Å²) in [6.07, 6.45) is 1.79. The molecule has 6 heteroatoms. The summed E-state index contributed by atoms with van der Waals surface area (Å²) in [5.74, 6) is 0.0830. The zero-order valence-electron chi connectivity index (χ0n) is 17.1. The third kappa shape index (κ3) is 4.63. The Labute approximate surface area is 168 Å². The maximum atomic E-state index is 6.15. The van der Waals surface area contributed by atoms with E-state index in [4.69, 9.17) is 14.2 Å². The fourth-order valence-corrected chi connectivity index (χ4v) is 3.75. The smallest absolute Gasteiger partial charge is 0.225 e. The number of ether oxygens (including phenoxy) is 3. The lowest BCUT2D eigenvalue weighted by molar-refractivity contribution is -0.253. The molecule has 1 saturated heterocycles. The standard InChI is InChI=1S/C22H31N3O3/c1-4-27-22(28-5-2,21-12-8-9-13-23-21)18-24-14-16-25(17-15-24)19-10-6-7-11-20(19)26-3/h6-13H,4-5,14-18H2,1-3H3. The molecule has 3 rings (SSSR count). The molecule has 1 fully saturated rings. The third-order valence-corrected chi connectivity index (χ3v) is 5.04. The van der Waals surface area contributed by atoms with Crippen LogP contribution in [-0.4, -0.2) is 62.9 Å². The first-order chi connectivity index (χ1) is 13.7. The van der Waals surface area contributed by atoms with Crippen molar-refractivity contribution in [1.82, 2.24) is 9.88 Å². The van der Waals surface area contributed by atoms with Crippen molar-refractivity contribution in [3.05, 3.63) is 54.4 Å². The fourth-order valence-electron chi connectivity index (χ4n) is 3.75. The van der Waals surface area contributed by atoms with Crippen LogP contribution in [0.5, 0.6) is 5.75 Å². The Hall–Kier alpha value is -2.15. The van der Waals surface area contributed by atoms with Crippen molar-refractivity contribution in [1.29, 1.82) is 0 Å². The topological polar surface area (TPSA) is 47.1 Å². The lowest BCUT2D eigenvalue weighted by Gasteiger charge is -2.41. The molecule has 1 aromatic carbocycles. The Morgan fingerprint density at radius 3 is 2.21 bits per heavy atom. The minimum absolute atomic E-state index is 0.567. The number of benzene rings is 1. The van der Waals surface area contributed by atoms with Crippen LogP contribution in [0.1, 0.15) is 19.5 Å². The van der Waals surface area contributed by atoms with Crippen molar-refractivity contribution < 1.29 is 14.2 Å². The lowest BCUT2D eigenvalue weighted by Crippen LogP contribution is -2.53. The van der Waals surface area contributed by atoms with Gasteiger partial charge in [0.1, 0.15) is 11.4 Å². The van der Waals surface area contributed by atoms with E-state index >= 15 is 0 Å². The molecule has 0 unspecified atom stereocenters. The van der Waals surface area contributed by atoms with Gasteiger partial charge in [-0.3, -0.25) is 9.88 Å². The zero-order chi connectivity index (χ0) is 19.8. The minimum atomic E-state index is -0.836. The van der Waals surface area contributed by atoms with Crippen LogP contribution in [-0.2, 0) is 15.3 Å². The molecule has 2 aromatic rings. The van der Waals surface area contributed by atoms with Gasteiger partial charge in [0.25, 0.3) is 0 Å². The van der Waals surface area contributed by atoms with Gasteiger partial charge < -0.3 is 19.1 Å². The molecule has 0 atom stereocenters. The molecule has 0 bridgehead atoms. The molecule has 2 heterocycles. The van der Waals surface area contributed by atoms with Gasteiger partial charge in [0.15, 0.2) is 0 Å². The molecule has 1 aliphatic rings. The Bertz CT molecular complexity index is 712. The number of nitrogens with zero attached hydrogens (tertiary/aromatic N) is 3. The van der Waals surface area contributed by atoms with Gasteiger partial charge in [-0.1, -0.05) is 18.2 Å². The number of pyridine rings is 1. The average molecular weight is 386 g/mol. The van der Waals surface area contributed by atoms with Crippen LogP contribution < -0.4 is 9.64 Å². The van der Waals surface area contributed by atoms with Gasteiger partial charge in [-0.2, -0.15) is 0 Å². The van der Waals surface area contributed by atoms with Crippen molar-refractivity contribution in [2.45, 2.75) is 19.6 Å². The second kappa shape index (κ2) is 9.87. The van der Waals surface area contributed by atoms with Gasteiger partial charge in [-0.15, -0.1) is 0 Å². The van der Waals surface area contributed by atoms with Gasteiger partial charge in [-0.25, -0.2) is 0 Å². The van der Waals surface area contributed by atoms with Gasteiger partial charge in [0, 0.05) is 45.6 Å². The van der Waals surface area contributed by atoms with Crippen molar-refractivity contribution in [3.8, 4) is 5.75 Å². The molecule has 1 aliphatic heterocycles. The highest BCUT2D eigenvalue weighted by Crippen LogP contribution is 2.31. The second-order valence-corrected chi connectivity index (χ2v) is 6.77. The van der Waals surface area contributed by atoms with Crippen molar-refractivity contribution in [2.75, 3.05) is 57.9 Å². The molecule has 0 radical (unpaired) electrons. The number of methoxy groups -OCH3 is 1. The highest BCUT2D eigenvalue weighted by atomic mass is 16.7. The summed E-state index contributed by atoms with van der Waals surface area (Å²) in [5, 5.41) is 0. The second-order valence-electron chi connectivity index (χ2n) is 6.77.